The summed E-state index contributed by atoms with van der Waals surface area (Å²) < 4.78 is 18.8. The maximum Gasteiger partial charge on any atom is 0.251 e. The van der Waals surface area contributed by atoms with Crippen molar-refractivity contribution in [3.8, 4) is 11.3 Å². The molecule has 1 heterocycles. The van der Waals surface area contributed by atoms with Crippen molar-refractivity contribution in [2.75, 3.05) is 0 Å². The van der Waals surface area contributed by atoms with Crippen molar-refractivity contribution in [3.63, 3.8) is 0 Å². The van der Waals surface area contributed by atoms with E-state index in [0.29, 0.717) is 32.6 Å². The molecule has 122 valence electrons. The van der Waals surface area contributed by atoms with Gasteiger partial charge >= 0.3 is 0 Å². The molecule has 24 heavy (non-hydrogen) atoms. The minimum atomic E-state index is -0.405. The van der Waals surface area contributed by atoms with E-state index in [4.69, 9.17) is 27.7 Å². The number of nitrogens with one attached hydrogen (secondary N) is 1. The summed E-state index contributed by atoms with van der Waals surface area (Å²) in [6.45, 7) is 0.126. The summed E-state index contributed by atoms with van der Waals surface area (Å²) in [5.74, 6) is -0.462. The van der Waals surface area contributed by atoms with Crippen molar-refractivity contribution in [1.82, 2.24) is 10.5 Å². The minimum absolute atomic E-state index is 0.126. The van der Waals surface area contributed by atoms with E-state index in [0.717, 1.165) is 0 Å². The molecule has 3 aromatic rings. The molecule has 0 aliphatic rings. The number of nitrogens with zero attached hydrogens (tertiary/aromatic N) is 1. The van der Waals surface area contributed by atoms with Gasteiger partial charge in [-0.25, -0.2) is 4.39 Å². The first kappa shape index (κ1) is 16.5. The Kier molecular flexibility index (Phi) is 4.83. The van der Waals surface area contributed by atoms with E-state index in [2.05, 4.69) is 10.5 Å². The van der Waals surface area contributed by atoms with Crippen molar-refractivity contribution >= 4 is 29.1 Å². The van der Waals surface area contributed by atoms with Gasteiger partial charge in [0.05, 0.1) is 12.1 Å². The van der Waals surface area contributed by atoms with Gasteiger partial charge in [0.2, 0.25) is 0 Å². The molecule has 1 N–H and O–H groups in total. The Morgan fingerprint density at radius 1 is 1.12 bits per heavy atom. The zero-order valence-electron chi connectivity index (χ0n) is 12.2. The van der Waals surface area contributed by atoms with Crippen LogP contribution in [0.3, 0.4) is 0 Å². The number of hydrogen-bond donors (Lipinski definition) is 1. The molecular formula is C17H11Cl2FN2O2. The van der Waals surface area contributed by atoms with Gasteiger partial charge in [-0.15, -0.1) is 0 Å². The van der Waals surface area contributed by atoms with E-state index in [9.17, 15) is 9.18 Å². The first-order chi connectivity index (χ1) is 11.5. The molecule has 0 fully saturated rings. The third-order valence-electron chi connectivity index (χ3n) is 3.25. The van der Waals surface area contributed by atoms with E-state index in [1.54, 1.807) is 24.3 Å². The monoisotopic (exact) mass is 364 g/mol. The van der Waals surface area contributed by atoms with Crippen molar-refractivity contribution in [1.29, 1.82) is 0 Å². The van der Waals surface area contributed by atoms with Crippen LogP contribution in [0.4, 0.5) is 4.39 Å². The molecule has 0 spiro atoms. The number of carbonyl (C=O) groups is 1. The maximum atomic E-state index is 13.7. The molecule has 0 aliphatic carbocycles. The predicted molar refractivity (Wildman–Crippen MR) is 89.5 cm³/mol. The summed E-state index contributed by atoms with van der Waals surface area (Å²) in [6.07, 6.45) is 0. The fraction of sp³-hybridized carbons (Fsp3) is 0.0588. The second-order valence-corrected chi connectivity index (χ2v) is 5.88. The van der Waals surface area contributed by atoms with Gasteiger partial charge in [0.15, 0.2) is 5.76 Å². The summed E-state index contributed by atoms with van der Waals surface area (Å²) in [5.41, 5.74) is 1.12. The summed E-state index contributed by atoms with van der Waals surface area (Å²) in [7, 11) is 0. The Hall–Kier alpha value is -2.37. The average molecular weight is 365 g/mol. The average Bonchev–Trinajstić information content (AvgIpc) is 3.01. The molecular weight excluding hydrogens is 354 g/mol. The maximum absolute atomic E-state index is 13.7. The van der Waals surface area contributed by atoms with Crippen LogP contribution in [0.25, 0.3) is 11.3 Å². The fourth-order valence-electron chi connectivity index (χ4n) is 2.14. The topological polar surface area (TPSA) is 55.1 Å². The summed E-state index contributed by atoms with van der Waals surface area (Å²) in [5, 5.41) is 7.24. The fourth-order valence-corrected chi connectivity index (χ4v) is 2.67. The second kappa shape index (κ2) is 7.03. The van der Waals surface area contributed by atoms with Crippen LogP contribution in [0.2, 0.25) is 10.0 Å². The van der Waals surface area contributed by atoms with Crippen LogP contribution in [0.15, 0.2) is 53.1 Å². The highest BCUT2D eigenvalue weighted by molar-refractivity contribution is 6.35. The lowest BCUT2D eigenvalue weighted by Gasteiger charge is -2.04. The summed E-state index contributed by atoms with van der Waals surface area (Å²) >= 11 is 11.7. The highest BCUT2D eigenvalue weighted by Gasteiger charge is 2.12. The lowest BCUT2D eigenvalue weighted by Crippen LogP contribution is -2.22. The van der Waals surface area contributed by atoms with Crippen LogP contribution in [0.1, 0.15) is 16.1 Å². The number of benzene rings is 2. The van der Waals surface area contributed by atoms with Crippen LogP contribution < -0.4 is 5.32 Å². The quantitative estimate of drug-likeness (QED) is 0.728. The van der Waals surface area contributed by atoms with Gasteiger partial charge < -0.3 is 9.84 Å². The van der Waals surface area contributed by atoms with Gasteiger partial charge in [0.25, 0.3) is 5.91 Å². The number of amides is 1. The Labute approximate surface area is 147 Å². The molecule has 0 unspecified atom stereocenters. The van der Waals surface area contributed by atoms with E-state index in [1.165, 1.54) is 24.3 Å². The van der Waals surface area contributed by atoms with Crippen LogP contribution in [0.5, 0.6) is 0 Å². The lowest BCUT2D eigenvalue weighted by atomic mass is 10.1. The number of aromatic nitrogens is 1. The normalized spacial score (nSPS) is 10.6. The first-order valence-corrected chi connectivity index (χ1v) is 7.73. The molecule has 1 amide bonds. The first-order valence-electron chi connectivity index (χ1n) is 6.98. The molecule has 0 atom stereocenters. The number of rotatable bonds is 4. The van der Waals surface area contributed by atoms with Gasteiger partial charge in [0.1, 0.15) is 11.5 Å². The molecule has 1 aromatic heterocycles. The van der Waals surface area contributed by atoms with Crippen molar-refractivity contribution in [2.24, 2.45) is 0 Å². The number of carbonyl (C=O) groups excluding carboxylic acids is 1. The van der Waals surface area contributed by atoms with Crippen LogP contribution >= 0.6 is 23.2 Å². The van der Waals surface area contributed by atoms with Gasteiger partial charge in [-0.1, -0.05) is 40.5 Å². The SMILES string of the molecule is O=C(NCc1cc(-c2ccccc2F)on1)c1cc(Cl)cc(Cl)c1. The van der Waals surface area contributed by atoms with E-state index >= 15 is 0 Å². The predicted octanol–water partition coefficient (Wildman–Crippen LogP) is 4.72. The highest BCUT2D eigenvalue weighted by Crippen LogP contribution is 2.23. The highest BCUT2D eigenvalue weighted by atomic mass is 35.5. The lowest BCUT2D eigenvalue weighted by molar-refractivity contribution is 0.0950. The molecule has 0 radical (unpaired) electrons. The Bertz CT molecular complexity index is 876. The zero-order valence-corrected chi connectivity index (χ0v) is 13.7. The zero-order chi connectivity index (χ0) is 17.1. The van der Waals surface area contributed by atoms with Crippen LogP contribution in [0, 0.1) is 5.82 Å². The van der Waals surface area contributed by atoms with E-state index in [-0.39, 0.29) is 12.5 Å². The van der Waals surface area contributed by atoms with Gasteiger partial charge in [-0.05, 0) is 30.3 Å². The molecule has 2 aromatic carbocycles. The van der Waals surface area contributed by atoms with Crippen molar-refractivity contribution in [2.45, 2.75) is 6.54 Å². The third-order valence-corrected chi connectivity index (χ3v) is 3.69. The second-order valence-electron chi connectivity index (χ2n) is 5.00. The molecule has 3 rings (SSSR count). The molecule has 0 bridgehead atoms. The smallest absolute Gasteiger partial charge is 0.251 e. The van der Waals surface area contributed by atoms with E-state index < -0.39 is 5.82 Å². The van der Waals surface area contributed by atoms with Crippen molar-refractivity contribution in [3.05, 3.63) is 75.7 Å². The molecule has 0 saturated heterocycles. The minimum Gasteiger partial charge on any atom is -0.356 e. The summed E-state index contributed by atoms with van der Waals surface area (Å²) in [6, 6.07) is 12.3. The molecule has 4 nitrogen and oxygen atoms in total. The van der Waals surface area contributed by atoms with Crippen molar-refractivity contribution < 1.29 is 13.7 Å². The Balaban J connectivity index is 1.69. The standard InChI is InChI=1S/C17H11Cl2FN2O2/c18-11-5-10(6-12(19)7-11)17(23)21-9-13-8-16(24-22-13)14-3-1-2-4-15(14)20/h1-8H,9H2,(H,21,23). The Morgan fingerprint density at radius 3 is 2.54 bits per heavy atom. The van der Waals surface area contributed by atoms with Gasteiger partial charge in [0, 0.05) is 21.7 Å². The number of halogens is 3. The van der Waals surface area contributed by atoms with Crippen LogP contribution in [-0.2, 0) is 6.54 Å². The Morgan fingerprint density at radius 2 is 1.83 bits per heavy atom. The van der Waals surface area contributed by atoms with Gasteiger partial charge in [-0.3, -0.25) is 4.79 Å². The summed E-state index contributed by atoms with van der Waals surface area (Å²) in [4.78, 5) is 12.1. The van der Waals surface area contributed by atoms with E-state index in [1.807, 2.05) is 0 Å². The molecule has 7 heteroatoms. The number of hydrogen-bond acceptors (Lipinski definition) is 3. The third kappa shape index (κ3) is 3.75. The van der Waals surface area contributed by atoms with Gasteiger partial charge in [-0.2, -0.15) is 0 Å². The van der Waals surface area contributed by atoms with Crippen LogP contribution in [-0.4, -0.2) is 11.1 Å². The molecule has 0 aliphatic heterocycles. The molecule has 0 saturated carbocycles. The largest absolute Gasteiger partial charge is 0.356 e.